The van der Waals surface area contributed by atoms with Gasteiger partial charge in [-0.25, -0.2) is 4.98 Å². The Hall–Kier alpha value is -3.02. The lowest BCUT2D eigenvalue weighted by Gasteiger charge is -2.36. The van der Waals surface area contributed by atoms with Crippen molar-refractivity contribution in [3.05, 3.63) is 53.9 Å². The Labute approximate surface area is 145 Å². The summed E-state index contributed by atoms with van der Waals surface area (Å²) >= 11 is 0. The number of para-hydroxylation sites is 1. The second-order valence-electron chi connectivity index (χ2n) is 6.35. The van der Waals surface area contributed by atoms with Crippen molar-refractivity contribution in [2.75, 3.05) is 31.1 Å². The monoisotopic (exact) mass is 336 g/mol. The smallest absolute Gasteiger partial charge is 0.254 e. The number of H-pyrrole nitrogens is 1. The number of aryl methyl sites for hydroxylation is 1. The molecule has 1 fully saturated rings. The molecular weight excluding hydrogens is 316 g/mol. The van der Waals surface area contributed by atoms with Gasteiger partial charge >= 0.3 is 0 Å². The Morgan fingerprint density at radius 2 is 1.96 bits per heavy atom. The van der Waals surface area contributed by atoms with Crippen molar-refractivity contribution in [1.29, 1.82) is 0 Å². The van der Waals surface area contributed by atoms with Gasteiger partial charge in [0.25, 0.3) is 5.91 Å². The lowest BCUT2D eigenvalue weighted by atomic mass is 10.1. The van der Waals surface area contributed by atoms with Crippen LogP contribution in [0, 0.1) is 6.92 Å². The number of amides is 1. The number of aromatic nitrogens is 2. The maximum Gasteiger partial charge on any atom is 0.254 e. The van der Waals surface area contributed by atoms with E-state index in [0.717, 1.165) is 35.4 Å². The normalized spacial score (nSPS) is 14.9. The molecule has 2 N–H and O–H groups in total. The van der Waals surface area contributed by atoms with Gasteiger partial charge in [0, 0.05) is 31.7 Å². The fraction of sp³-hybridized carbons (Fsp3) is 0.263. The number of rotatable bonds is 2. The first kappa shape index (κ1) is 15.5. The average Bonchev–Trinajstić information content (AvgIpc) is 3.12. The van der Waals surface area contributed by atoms with E-state index in [9.17, 15) is 9.90 Å². The predicted octanol–water partition coefficient (Wildman–Crippen LogP) is 2.54. The van der Waals surface area contributed by atoms with Crippen LogP contribution in [0.25, 0.3) is 11.0 Å². The molecule has 0 spiro atoms. The number of aromatic amines is 1. The molecule has 25 heavy (non-hydrogen) atoms. The number of phenolic OH excluding ortho intramolecular Hbond substituents is 1. The first-order valence-corrected chi connectivity index (χ1v) is 8.39. The molecule has 4 rings (SSSR count). The number of carbonyl (C=O) groups excluding carboxylic acids is 1. The van der Waals surface area contributed by atoms with Crippen LogP contribution in [0.3, 0.4) is 0 Å². The summed E-state index contributed by atoms with van der Waals surface area (Å²) in [5, 5.41) is 9.67. The molecule has 0 unspecified atom stereocenters. The van der Waals surface area contributed by atoms with Crippen molar-refractivity contribution < 1.29 is 9.90 Å². The fourth-order valence-corrected chi connectivity index (χ4v) is 3.37. The Balaban J connectivity index is 1.51. The highest BCUT2D eigenvalue weighted by atomic mass is 16.3. The first-order valence-electron chi connectivity index (χ1n) is 8.39. The van der Waals surface area contributed by atoms with Crippen LogP contribution in [0.5, 0.6) is 5.75 Å². The zero-order valence-corrected chi connectivity index (χ0v) is 14.1. The van der Waals surface area contributed by atoms with Crippen LogP contribution >= 0.6 is 0 Å². The summed E-state index contributed by atoms with van der Waals surface area (Å²) in [6.07, 6.45) is 1.71. The summed E-state index contributed by atoms with van der Waals surface area (Å²) in [5.74, 6) is 0.101. The molecule has 1 aromatic heterocycles. The fourth-order valence-electron chi connectivity index (χ4n) is 3.37. The molecule has 1 saturated heterocycles. The first-order chi connectivity index (χ1) is 12.1. The average molecular weight is 336 g/mol. The highest BCUT2D eigenvalue weighted by Gasteiger charge is 2.24. The third-order valence-corrected chi connectivity index (χ3v) is 4.79. The van der Waals surface area contributed by atoms with E-state index in [-0.39, 0.29) is 11.7 Å². The van der Waals surface area contributed by atoms with Gasteiger partial charge in [0.05, 0.1) is 17.5 Å². The number of benzene rings is 2. The molecule has 1 amide bonds. The molecule has 2 heterocycles. The molecule has 0 radical (unpaired) electrons. The topological polar surface area (TPSA) is 72.5 Å². The van der Waals surface area contributed by atoms with Gasteiger partial charge in [-0.2, -0.15) is 0 Å². The van der Waals surface area contributed by atoms with Gasteiger partial charge in [0.15, 0.2) is 0 Å². The zero-order valence-electron chi connectivity index (χ0n) is 14.1. The summed E-state index contributed by atoms with van der Waals surface area (Å²) < 4.78 is 0. The number of nitrogens with zero attached hydrogens (tertiary/aromatic N) is 3. The highest BCUT2D eigenvalue weighted by Crippen LogP contribution is 2.26. The van der Waals surface area contributed by atoms with Crippen molar-refractivity contribution in [2.45, 2.75) is 6.92 Å². The standard InChI is InChI=1S/C19H20N4O2/c1-13-5-6-14(24)11-15(13)19(25)23-9-7-22(8-10-23)17-4-2-3-16-18(17)21-12-20-16/h2-6,11-12,24H,7-10H2,1H3,(H,20,21). The minimum Gasteiger partial charge on any atom is -0.508 e. The van der Waals surface area contributed by atoms with Gasteiger partial charge < -0.3 is 19.9 Å². The van der Waals surface area contributed by atoms with Crippen LogP contribution < -0.4 is 4.90 Å². The number of fused-ring (bicyclic) bond motifs is 1. The third kappa shape index (κ3) is 2.80. The van der Waals surface area contributed by atoms with E-state index >= 15 is 0 Å². The molecular formula is C19H20N4O2. The number of hydrogen-bond acceptors (Lipinski definition) is 4. The van der Waals surface area contributed by atoms with Crippen LogP contribution in [0.15, 0.2) is 42.7 Å². The Morgan fingerprint density at radius 1 is 1.16 bits per heavy atom. The molecule has 0 saturated carbocycles. The molecule has 128 valence electrons. The van der Waals surface area contributed by atoms with E-state index in [1.807, 2.05) is 24.0 Å². The second-order valence-corrected chi connectivity index (χ2v) is 6.35. The minimum absolute atomic E-state index is 0.0222. The van der Waals surface area contributed by atoms with Crippen molar-refractivity contribution in [3.8, 4) is 5.75 Å². The van der Waals surface area contributed by atoms with E-state index in [1.165, 1.54) is 0 Å². The third-order valence-electron chi connectivity index (χ3n) is 4.79. The lowest BCUT2D eigenvalue weighted by molar-refractivity contribution is 0.0745. The Morgan fingerprint density at radius 3 is 2.76 bits per heavy atom. The zero-order chi connectivity index (χ0) is 17.4. The van der Waals surface area contributed by atoms with E-state index in [1.54, 1.807) is 24.5 Å². The van der Waals surface area contributed by atoms with Crippen LogP contribution in [-0.4, -0.2) is 52.1 Å². The van der Waals surface area contributed by atoms with E-state index in [0.29, 0.717) is 18.7 Å². The van der Waals surface area contributed by atoms with Crippen LogP contribution in [0.4, 0.5) is 5.69 Å². The van der Waals surface area contributed by atoms with E-state index in [2.05, 4.69) is 20.9 Å². The minimum atomic E-state index is -0.0222. The Bertz CT molecular complexity index is 926. The van der Waals surface area contributed by atoms with Gasteiger partial charge in [-0.1, -0.05) is 12.1 Å². The van der Waals surface area contributed by atoms with Gasteiger partial charge in [-0.3, -0.25) is 4.79 Å². The molecule has 3 aromatic rings. The molecule has 0 bridgehead atoms. The highest BCUT2D eigenvalue weighted by molar-refractivity contribution is 5.96. The molecule has 1 aliphatic rings. The van der Waals surface area contributed by atoms with Gasteiger partial charge in [-0.05, 0) is 36.8 Å². The number of anilines is 1. The largest absolute Gasteiger partial charge is 0.508 e. The number of phenols is 1. The molecule has 0 aliphatic carbocycles. The number of piperazine rings is 1. The number of imidazole rings is 1. The van der Waals surface area contributed by atoms with E-state index < -0.39 is 0 Å². The summed E-state index contributed by atoms with van der Waals surface area (Å²) in [7, 11) is 0. The molecule has 2 aromatic carbocycles. The van der Waals surface area contributed by atoms with Gasteiger partial charge in [0.2, 0.25) is 0 Å². The number of aromatic hydroxyl groups is 1. The maximum absolute atomic E-state index is 12.8. The SMILES string of the molecule is Cc1ccc(O)cc1C(=O)N1CCN(c2cccc3[nH]cnc23)CC1. The molecule has 6 nitrogen and oxygen atoms in total. The quantitative estimate of drug-likeness (QED) is 0.754. The number of hydrogen-bond donors (Lipinski definition) is 2. The lowest BCUT2D eigenvalue weighted by Crippen LogP contribution is -2.49. The summed E-state index contributed by atoms with van der Waals surface area (Å²) in [4.78, 5) is 24.4. The summed E-state index contributed by atoms with van der Waals surface area (Å²) in [5.41, 5.74) is 4.53. The number of nitrogens with one attached hydrogen (secondary N) is 1. The Kier molecular flexibility index (Phi) is 3.80. The van der Waals surface area contributed by atoms with Crippen molar-refractivity contribution >= 4 is 22.6 Å². The van der Waals surface area contributed by atoms with Crippen LogP contribution in [0.2, 0.25) is 0 Å². The summed E-state index contributed by atoms with van der Waals surface area (Å²) in [6, 6.07) is 11.0. The molecule has 6 heteroatoms. The second kappa shape index (κ2) is 6.12. The van der Waals surface area contributed by atoms with Gasteiger partial charge in [-0.15, -0.1) is 0 Å². The molecule has 0 atom stereocenters. The summed E-state index contributed by atoms with van der Waals surface area (Å²) in [6.45, 7) is 4.70. The van der Waals surface area contributed by atoms with Crippen molar-refractivity contribution in [2.24, 2.45) is 0 Å². The van der Waals surface area contributed by atoms with Crippen molar-refractivity contribution in [3.63, 3.8) is 0 Å². The van der Waals surface area contributed by atoms with Crippen LogP contribution in [-0.2, 0) is 0 Å². The van der Waals surface area contributed by atoms with Crippen molar-refractivity contribution in [1.82, 2.24) is 14.9 Å². The van der Waals surface area contributed by atoms with Crippen LogP contribution in [0.1, 0.15) is 15.9 Å². The van der Waals surface area contributed by atoms with E-state index in [4.69, 9.17) is 0 Å². The van der Waals surface area contributed by atoms with Gasteiger partial charge in [0.1, 0.15) is 11.3 Å². The predicted molar refractivity (Wildman–Crippen MR) is 97.1 cm³/mol. The molecule has 1 aliphatic heterocycles. The number of carbonyl (C=O) groups is 1. The maximum atomic E-state index is 12.8.